The summed E-state index contributed by atoms with van der Waals surface area (Å²) < 4.78 is 11.2. The minimum Gasteiger partial charge on any atom is -0.483 e. The number of para-hydroxylation sites is 1. The molecule has 6 heteroatoms. The first-order valence-corrected chi connectivity index (χ1v) is 11.0. The average Bonchev–Trinajstić information content (AvgIpc) is 3.09. The average molecular weight is 420 g/mol. The molecule has 31 heavy (non-hydrogen) atoms. The van der Waals surface area contributed by atoms with E-state index >= 15 is 0 Å². The molecule has 0 radical (unpaired) electrons. The number of carbonyl (C=O) groups excluding carboxylic acids is 1. The van der Waals surface area contributed by atoms with Gasteiger partial charge in [-0.1, -0.05) is 79.4 Å². The number of nitrogens with one attached hydrogen (secondary N) is 1. The first kappa shape index (κ1) is 21.1. The quantitative estimate of drug-likeness (QED) is 0.561. The lowest BCUT2D eigenvalue weighted by molar-refractivity contribution is -0.125. The van der Waals surface area contributed by atoms with Crippen LogP contribution in [0.2, 0.25) is 0 Å². The maximum atomic E-state index is 12.9. The van der Waals surface area contributed by atoms with Gasteiger partial charge in [0.25, 0.3) is 5.91 Å². The normalized spacial score (nSPS) is 15.8. The van der Waals surface area contributed by atoms with Gasteiger partial charge in [0.1, 0.15) is 11.3 Å². The van der Waals surface area contributed by atoms with Crippen LogP contribution in [0.4, 0.5) is 0 Å². The summed E-state index contributed by atoms with van der Waals surface area (Å²) >= 11 is 0. The Morgan fingerprint density at radius 3 is 2.45 bits per heavy atom. The van der Waals surface area contributed by atoms with Crippen molar-refractivity contribution in [2.24, 2.45) is 0 Å². The standard InChI is InChI=1S/C25H29N3O3/c1-19-26-24(28-31-19)25(15-9-2-3-10-16-25)27-23(29)18-30-22-14-8-7-13-21(22)17-20-11-5-4-6-12-20/h4-8,11-14H,2-3,9-10,15-18H2,1H3,(H,27,29). The number of hydrogen-bond acceptors (Lipinski definition) is 5. The summed E-state index contributed by atoms with van der Waals surface area (Å²) in [4.78, 5) is 17.4. The van der Waals surface area contributed by atoms with Crippen LogP contribution in [0.5, 0.6) is 5.75 Å². The third-order valence-corrected chi connectivity index (χ3v) is 5.86. The Balaban J connectivity index is 1.45. The van der Waals surface area contributed by atoms with E-state index in [1.807, 2.05) is 42.5 Å². The number of aryl methyl sites for hydroxylation is 1. The second-order valence-electron chi connectivity index (χ2n) is 8.24. The molecule has 0 spiro atoms. The van der Waals surface area contributed by atoms with Gasteiger partial charge in [-0.2, -0.15) is 4.98 Å². The predicted octanol–water partition coefficient (Wildman–Crippen LogP) is 4.71. The van der Waals surface area contributed by atoms with E-state index in [0.29, 0.717) is 11.7 Å². The molecule has 0 bridgehead atoms. The summed E-state index contributed by atoms with van der Waals surface area (Å²) in [6, 6.07) is 18.1. The molecule has 1 aromatic heterocycles. The third-order valence-electron chi connectivity index (χ3n) is 5.86. The molecule has 0 saturated heterocycles. The molecule has 0 atom stereocenters. The fraction of sp³-hybridized carbons (Fsp3) is 0.400. The number of aromatic nitrogens is 2. The highest BCUT2D eigenvalue weighted by molar-refractivity contribution is 5.78. The highest BCUT2D eigenvalue weighted by atomic mass is 16.5. The Morgan fingerprint density at radius 2 is 1.74 bits per heavy atom. The van der Waals surface area contributed by atoms with E-state index in [9.17, 15) is 4.79 Å². The van der Waals surface area contributed by atoms with Gasteiger partial charge in [0, 0.05) is 13.3 Å². The van der Waals surface area contributed by atoms with Crippen LogP contribution in [0.1, 0.15) is 61.4 Å². The molecule has 0 unspecified atom stereocenters. The summed E-state index contributed by atoms with van der Waals surface area (Å²) in [7, 11) is 0. The molecule has 1 heterocycles. The zero-order valence-corrected chi connectivity index (χ0v) is 18.0. The number of nitrogens with zero attached hydrogens (tertiary/aromatic N) is 2. The van der Waals surface area contributed by atoms with Crippen LogP contribution in [0.15, 0.2) is 59.1 Å². The number of benzene rings is 2. The molecule has 4 rings (SSSR count). The van der Waals surface area contributed by atoms with Gasteiger partial charge in [-0.05, 0) is 30.0 Å². The van der Waals surface area contributed by atoms with Crippen LogP contribution >= 0.6 is 0 Å². The van der Waals surface area contributed by atoms with Crippen molar-refractivity contribution in [3.63, 3.8) is 0 Å². The lowest BCUT2D eigenvalue weighted by Crippen LogP contribution is -2.48. The molecule has 1 aliphatic carbocycles. The van der Waals surface area contributed by atoms with E-state index in [-0.39, 0.29) is 12.5 Å². The fourth-order valence-corrected chi connectivity index (χ4v) is 4.28. The molecule has 1 saturated carbocycles. The summed E-state index contributed by atoms with van der Waals surface area (Å²) in [5.74, 6) is 1.65. The van der Waals surface area contributed by atoms with Crippen LogP contribution < -0.4 is 10.1 Å². The van der Waals surface area contributed by atoms with E-state index in [4.69, 9.17) is 9.26 Å². The predicted molar refractivity (Wildman–Crippen MR) is 118 cm³/mol. The Bertz CT molecular complexity index is 992. The van der Waals surface area contributed by atoms with Crippen LogP contribution in [0.25, 0.3) is 0 Å². The van der Waals surface area contributed by atoms with Crippen molar-refractivity contribution in [3.8, 4) is 5.75 Å². The van der Waals surface area contributed by atoms with Crippen molar-refractivity contribution in [2.45, 2.75) is 57.4 Å². The molecular formula is C25H29N3O3. The zero-order valence-electron chi connectivity index (χ0n) is 18.0. The van der Waals surface area contributed by atoms with Gasteiger partial charge in [0.05, 0.1) is 0 Å². The summed E-state index contributed by atoms with van der Waals surface area (Å²) in [5, 5.41) is 7.34. The van der Waals surface area contributed by atoms with Crippen molar-refractivity contribution < 1.29 is 14.1 Å². The molecule has 1 N–H and O–H groups in total. The lowest BCUT2D eigenvalue weighted by atomic mass is 9.89. The van der Waals surface area contributed by atoms with E-state index < -0.39 is 5.54 Å². The number of hydrogen-bond donors (Lipinski definition) is 1. The van der Waals surface area contributed by atoms with Crippen LogP contribution in [0, 0.1) is 6.92 Å². The smallest absolute Gasteiger partial charge is 0.258 e. The van der Waals surface area contributed by atoms with E-state index in [1.54, 1.807) is 6.92 Å². The van der Waals surface area contributed by atoms with Crippen molar-refractivity contribution >= 4 is 5.91 Å². The summed E-state index contributed by atoms with van der Waals surface area (Å²) in [5.41, 5.74) is 1.67. The summed E-state index contributed by atoms with van der Waals surface area (Å²) in [6.45, 7) is 1.72. The Kier molecular flexibility index (Phi) is 6.65. The number of carbonyl (C=O) groups is 1. The van der Waals surface area contributed by atoms with Crippen molar-refractivity contribution in [2.75, 3.05) is 6.61 Å². The molecular weight excluding hydrogens is 390 g/mol. The van der Waals surface area contributed by atoms with Gasteiger partial charge >= 0.3 is 0 Å². The molecule has 162 valence electrons. The largest absolute Gasteiger partial charge is 0.483 e. The molecule has 1 amide bonds. The van der Waals surface area contributed by atoms with E-state index in [1.165, 1.54) is 5.56 Å². The highest BCUT2D eigenvalue weighted by Crippen LogP contribution is 2.34. The maximum Gasteiger partial charge on any atom is 0.258 e. The highest BCUT2D eigenvalue weighted by Gasteiger charge is 2.38. The zero-order chi connectivity index (χ0) is 21.5. The second-order valence-corrected chi connectivity index (χ2v) is 8.24. The summed E-state index contributed by atoms with van der Waals surface area (Å²) in [6.07, 6.45) is 6.72. The number of amides is 1. The first-order chi connectivity index (χ1) is 15.1. The Labute approximate surface area is 183 Å². The van der Waals surface area contributed by atoms with Crippen molar-refractivity contribution in [1.29, 1.82) is 0 Å². The van der Waals surface area contributed by atoms with Gasteiger partial charge in [0.15, 0.2) is 12.4 Å². The Morgan fingerprint density at radius 1 is 1.03 bits per heavy atom. The van der Waals surface area contributed by atoms with Crippen LogP contribution in [0.3, 0.4) is 0 Å². The van der Waals surface area contributed by atoms with Gasteiger partial charge < -0.3 is 14.6 Å². The lowest BCUT2D eigenvalue weighted by Gasteiger charge is -2.30. The SMILES string of the molecule is Cc1nc(C2(NC(=O)COc3ccccc3Cc3ccccc3)CCCCCC2)no1. The molecule has 1 fully saturated rings. The minimum atomic E-state index is -0.585. The maximum absolute atomic E-state index is 12.9. The fourth-order valence-electron chi connectivity index (χ4n) is 4.28. The van der Waals surface area contributed by atoms with Gasteiger partial charge in [-0.3, -0.25) is 4.79 Å². The first-order valence-electron chi connectivity index (χ1n) is 11.0. The number of rotatable bonds is 7. The monoisotopic (exact) mass is 419 g/mol. The van der Waals surface area contributed by atoms with Gasteiger partial charge in [0.2, 0.25) is 5.89 Å². The van der Waals surface area contributed by atoms with Gasteiger partial charge in [-0.25, -0.2) is 0 Å². The van der Waals surface area contributed by atoms with E-state index in [2.05, 4.69) is 27.6 Å². The molecule has 0 aliphatic heterocycles. The van der Waals surface area contributed by atoms with E-state index in [0.717, 1.165) is 56.3 Å². The molecule has 3 aromatic rings. The number of ether oxygens (including phenoxy) is 1. The minimum absolute atomic E-state index is 0.0512. The Hall–Kier alpha value is -3.15. The van der Waals surface area contributed by atoms with Crippen molar-refractivity contribution in [3.05, 3.63) is 77.4 Å². The van der Waals surface area contributed by atoms with Crippen LogP contribution in [-0.4, -0.2) is 22.7 Å². The molecule has 1 aliphatic rings. The van der Waals surface area contributed by atoms with Crippen LogP contribution in [-0.2, 0) is 16.8 Å². The third kappa shape index (κ3) is 5.32. The van der Waals surface area contributed by atoms with Crippen molar-refractivity contribution in [1.82, 2.24) is 15.5 Å². The molecule has 2 aromatic carbocycles. The second kappa shape index (κ2) is 9.77. The molecule has 6 nitrogen and oxygen atoms in total. The van der Waals surface area contributed by atoms with Gasteiger partial charge in [-0.15, -0.1) is 0 Å². The topological polar surface area (TPSA) is 77.2 Å².